The van der Waals surface area contributed by atoms with E-state index in [1.165, 1.54) is 0 Å². The topological polar surface area (TPSA) is 122 Å². The number of urea groups is 1. The number of ether oxygens (including phenoxy) is 2. The molecule has 2 saturated heterocycles. The number of aliphatic hydroxyl groups excluding tert-OH is 1. The van der Waals surface area contributed by atoms with Crippen LogP contribution in [0.2, 0.25) is 0 Å². The van der Waals surface area contributed by atoms with Gasteiger partial charge >= 0.3 is 6.03 Å². The summed E-state index contributed by atoms with van der Waals surface area (Å²) in [7, 11) is 0. The Hall–Kier alpha value is -3.60. The highest BCUT2D eigenvalue weighted by Crippen LogP contribution is 2.29. The molecule has 0 radical (unpaired) electrons. The van der Waals surface area contributed by atoms with Crippen LogP contribution < -0.4 is 15.5 Å². The van der Waals surface area contributed by atoms with Gasteiger partial charge in [-0.15, -0.1) is 0 Å². The van der Waals surface area contributed by atoms with E-state index in [-0.39, 0.29) is 18.0 Å². The van der Waals surface area contributed by atoms with Gasteiger partial charge in [-0.2, -0.15) is 9.97 Å². The van der Waals surface area contributed by atoms with Crippen LogP contribution in [0.3, 0.4) is 0 Å². The fraction of sp³-hybridized carbons (Fsp3) is 0.429. The molecule has 1 unspecified atom stereocenters. The van der Waals surface area contributed by atoms with Crippen molar-refractivity contribution in [3.8, 4) is 11.4 Å². The molecule has 0 bridgehead atoms. The molecule has 1 aromatic heterocycles. The molecule has 2 fully saturated rings. The largest absolute Gasteiger partial charge is 0.389 e. The quantitative estimate of drug-likeness (QED) is 0.440. The molecule has 0 aliphatic carbocycles. The molecule has 0 spiro atoms. The van der Waals surface area contributed by atoms with E-state index in [0.29, 0.717) is 49.6 Å². The smallest absolute Gasteiger partial charge is 0.323 e. The van der Waals surface area contributed by atoms with Crippen LogP contribution in [0.15, 0.2) is 48.5 Å². The van der Waals surface area contributed by atoms with E-state index in [1.54, 1.807) is 31.2 Å². The predicted molar refractivity (Wildman–Crippen MR) is 145 cm³/mol. The molecule has 10 heteroatoms. The van der Waals surface area contributed by atoms with Crippen LogP contribution in [0.25, 0.3) is 11.4 Å². The van der Waals surface area contributed by atoms with Crippen LogP contribution in [0.5, 0.6) is 0 Å². The summed E-state index contributed by atoms with van der Waals surface area (Å²) < 4.78 is 11.2. The number of carbonyl (C=O) groups is 1. The third-order valence-corrected chi connectivity index (χ3v) is 6.90. The minimum absolute atomic E-state index is 0.176. The predicted octanol–water partition coefficient (Wildman–Crippen LogP) is 4.36. The number of carbonyl (C=O) groups excluding carboxylic acids is 1. The van der Waals surface area contributed by atoms with Gasteiger partial charge < -0.3 is 30.1 Å². The molecule has 3 heterocycles. The Bertz CT molecular complexity index is 1230. The first-order chi connectivity index (χ1) is 18.5. The molecular formula is C28H34N6O4. The van der Waals surface area contributed by atoms with Crippen LogP contribution in [0, 0.1) is 0 Å². The lowest BCUT2D eigenvalue weighted by Gasteiger charge is -2.34. The number of amides is 2. The molecule has 10 nitrogen and oxygen atoms in total. The number of morpholine rings is 1. The van der Waals surface area contributed by atoms with E-state index < -0.39 is 6.10 Å². The van der Waals surface area contributed by atoms with Crippen molar-refractivity contribution in [1.82, 2.24) is 15.0 Å². The lowest BCUT2D eigenvalue weighted by molar-refractivity contribution is 0.0834. The highest BCUT2D eigenvalue weighted by Gasteiger charge is 2.26. The molecule has 5 rings (SSSR count). The van der Waals surface area contributed by atoms with Gasteiger partial charge in [0.15, 0.2) is 5.82 Å². The minimum Gasteiger partial charge on any atom is -0.389 e. The molecule has 200 valence electrons. The number of hydrogen-bond donors (Lipinski definition) is 3. The summed E-state index contributed by atoms with van der Waals surface area (Å²) in [4.78, 5) is 29.3. The maximum atomic E-state index is 12.5. The van der Waals surface area contributed by atoms with Crippen LogP contribution in [0.4, 0.5) is 22.1 Å². The van der Waals surface area contributed by atoms with Gasteiger partial charge in [0.1, 0.15) is 5.82 Å². The molecule has 2 atom stereocenters. The van der Waals surface area contributed by atoms with Gasteiger partial charge in [-0.3, -0.25) is 0 Å². The molecule has 3 aromatic rings. The first kappa shape index (κ1) is 26.0. The summed E-state index contributed by atoms with van der Waals surface area (Å²) in [5.41, 5.74) is 2.92. The normalized spacial score (nSPS) is 19.1. The molecule has 2 aliphatic heterocycles. The first-order valence-corrected chi connectivity index (χ1v) is 13.1. The Morgan fingerprint density at radius 2 is 1.61 bits per heavy atom. The van der Waals surface area contributed by atoms with Crippen molar-refractivity contribution >= 4 is 23.4 Å². The fourth-order valence-corrected chi connectivity index (χ4v) is 4.64. The van der Waals surface area contributed by atoms with Gasteiger partial charge in [-0.05, 0) is 68.7 Å². The van der Waals surface area contributed by atoms with Crippen molar-refractivity contribution in [3.05, 3.63) is 59.9 Å². The fourth-order valence-electron chi connectivity index (χ4n) is 4.64. The lowest BCUT2D eigenvalue weighted by Crippen LogP contribution is -2.44. The summed E-state index contributed by atoms with van der Waals surface area (Å²) in [5, 5.41) is 15.3. The van der Waals surface area contributed by atoms with Gasteiger partial charge in [-0.25, -0.2) is 9.78 Å². The third kappa shape index (κ3) is 6.27. The number of anilines is 3. The van der Waals surface area contributed by atoms with Crippen molar-refractivity contribution in [2.24, 2.45) is 0 Å². The monoisotopic (exact) mass is 518 g/mol. The maximum absolute atomic E-state index is 12.5. The number of aliphatic hydroxyl groups is 1. The zero-order chi connectivity index (χ0) is 26.5. The van der Waals surface area contributed by atoms with E-state index in [4.69, 9.17) is 24.4 Å². The second kappa shape index (κ2) is 11.8. The van der Waals surface area contributed by atoms with Crippen LogP contribution in [-0.2, 0) is 9.47 Å². The third-order valence-electron chi connectivity index (χ3n) is 6.90. The zero-order valence-electron chi connectivity index (χ0n) is 21.8. The molecule has 38 heavy (non-hydrogen) atoms. The number of nitrogens with zero attached hydrogens (tertiary/aromatic N) is 4. The Kier molecular flexibility index (Phi) is 8.11. The van der Waals surface area contributed by atoms with E-state index >= 15 is 0 Å². The summed E-state index contributed by atoms with van der Waals surface area (Å²) >= 11 is 0. The minimum atomic E-state index is -0.554. The molecule has 2 amide bonds. The SMILES string of the molecule is CC(O)c1ccc(NC(=O)Nc2ccc(-c3nc(C4CCOCC4)nc(N4CCOC[C@H]4C)n3)cc2)cc1. The van der Waals surface area contributed by atoms with Gasteiger partial charge in [0.05, 0.1) is 25.4 Å². The average Bonchev–Trinajstić information content (AvgIpc) is 2.94. The summed E-state index contributed by atoms with van der Waals surface area (Å²) in [6, 6.07) is 14.4. The van der Waals surface area contributed by atoms with Crippen molar-refractivity contribution in [1.29, 1.82) is 0 Å². The number of aromatic nitrogens is 3. The van der Waals surface area contributed by atoms with Gasteiger partial charge in [-0.1, -0.05) is 12.1 Å². The van der Waals surface area contributed by atoms with E-state index in [0.717, 1.165) is 36.3 Å². The Morgan fingerprint density at radius 1 is 0.947 bits per heavy atom. The van der Waals surface area contributed by atoms with Gasteiger partial charge in [0, 0.05) is 42.6 Å². The number of benzene rings is 2. The first-order valence-electron chi connectivity index (χ1n) is 13.1. The molecule has 2 aromatic carbocycles. The highest BCUT2D eigenvalue weighted by atomic mass is 16.5. The molecular weight excluding hydrogens is 484 g/mol. The Balaban J connectivity index is 1.32. The number of nitrogens with one attached hydrogen (secondary N) is 2. The van der Waals surface area contributed by atoms with Gasteiger partial charge in [0.25, 0.3) is 0 Å². The molecule has 3 N–H and O–H groups in total. The average molecular weight is 519 g/mol. The van der Waals surface area contributed by atoms with E-state index in [1.807, 2.05) is 24.3 Å². The Labute approximate surface area is 222 Å². The lowest BCUT2D eigenvalue weighted by atomic mass is 9.99. The standard InChI is InChI=1S/C28H34N6O4/c1-18-17-38-16-13-34(18)27-32-25(31-26(33-27)22-11-14-37-15-12-22)21-5-9-24(10-6-21)30-28(36)29-23-7-3-20(4-8-23)19(2)35/h3-10,18-19,22,35H,11-17H2,1-2H3,(H2,29,30,36)/t18-,19?/m1/s1. The van der Waals surface area contributed by atoms with Crippen LogP contribution >= 0.6 is 0 Å². The second-order valence-corrected chi connectivity index (χ2v) is 9.78. The summed E-state index contributed by atoms with van der Waals surface area (Å²) in [5.74, 6) is 2.33. The zero-order valence-corrected chi connectivity index (χ0v) is 21.8. The number of hydrogen-bond acceptors (Lipinski definition) is 8. The van der Waals surface area contributed by atoms with Crippen molar-refractivity contribution in [2.45, 2.75) is 44.8 Å². The number of rotatable bonds is 6. The summed E-state index contributed by atoms with van der Waals surface area (Å²) in [6.45, 7) is 7.25. The molecule has 2 aliphatic rings. The van der Waals surface area contributed by atoms with Crippen molar-refractivity contribution in [2.75, 3.05) is 48.5 Å². The van der Waals surface area contributed by atoms with Crippen molar-refractivity contribution in [3.63, 3.8) is 0 Å². The second-order valence-electron chi connectivity index (χ2n) is 9.78. The van der Waals surface area contributed by atoms with Crippen LogP contribution in [0.1, 0.15) is 50.1 Å². The van der Waals surface area contributed by atoms with E-state index in [2.05, 4.69) is 22.5 Å². The maximum Gasteiger partial charge on any atom is 0.323 e. The Morgan fingerprint density at radius 3 is 2.24 bits per heavy atom. The van der Waals surface area contributed by atoms with E-state index in [9.17, 15) is 9.90 Å². The van der Waals surface area contributed by atoms with Crippen molar-refractivity contribution < 1.29 is 19.4 Å². The van der Waals surface area contributed by atoms with Crippen LogP contribution in [-0.4, -0.2) is 65.1 Å². The highest BCUT2D eigenvalue weighted by molar-refractivity contribution is 5.99. The summed E-state index contributed by atoms with van der Waals surface area (Å²) in [6.07, 6.45) is 1.23. The molecule has 0 saturated carbocycles. The van der Waals surface area contributed by atoms with Gasteiger partial charge in [0.2, 0.25) is 5.95 Å².